The molecule has 0 aliphatic rings. The lowest BCUT2D eigenvalue weighted by Crippen LogP contribution is -2.27. The zero-order valence-electron chi connectivity index (χ0n) is 17.7. The molecule has 0 fully saturated rings. The Balaban J connectivity index is 1.67. The van der Waals surface area contributed by atoms with Gasteiger partial charge in [0.1, 0.15) is 0 Å². The Morgan fingerprint density at radius 1 is 1.09 bits per heavy atom. The van der Waals surface area contributed by atoms with Crippen molar-refractivity contribution in [3.63, 3.8) is 0 Å². The molecule has 0 atom stereocenters. The summed E-state index contributed by atoms with van der Waals surface area (Å²) in [6.45, 7) is 1.43. The minimum atomic E-state index is -3.99. The van der Waals surface area contributed by atoms with Crippen molar-refractivity contribution >= 4 is 54.6 Å². The third-order valence-corrected chi connectivity index (χ3v) is 7.26. The number of hydrogen-bond donors (Lipinski definition) is 3. The van der Waals surface area contributed by atoms with E-state index in [0.29, 0.717) is 22.2 Å². The molecule has 174 valence electrons. The maximum atomic E-state index is 12.2. The van der Waals surface area contributed by atoms with Gasteiger partial charge < -0.3 is 10.4 Å². The zero-order chi connectivity index (χ0) is 24.5. The van der Waals surface area contributed by atoms with Gasteiger partial charge >= 0.3 is 5.97 Å². The second-order valence-corrected chi connectivity index (χ2v) is 9.77. The lowest BCUT2D eigenvalue weighted by molar-refractivity contribution is 0.00857. The standard InChI is InChI=1S/C22H18BrN5O5S/c1-2-28(31)34(32,33)15-9-7-14(8-10-15)25-22-24-12-13-11-17(16-5-3-4-6-18(16)23)19(21(29)30)26-20(13)27-22/h3-12,31H,2H2,1H3,(H,29,30)(H,24,25,26,27). The van der Waals surface area contributed by atoms with E-state index < -0.39 is 16.0 Å². The van der Waals surface area contributed by atoms with Gasteiger partial charge in [-0.2, -0.15) is 4.98 Å². The van der Waals surface area contributed by atoms with E-state index in [1.807, 2.05) is 12.1 Å². The largest absolute Gasteiger partial charge is 0.476 e. The molecule has 0 bridgehead atoms. The van der Waals surface area contributed by atoms with Gasteiger partial charge in [0.2, 0.25) is 5.95 Å². The second kappa shape index (κ2) is 9.43. The van der Waals surface area contributed by atoms with Crippen LogP contribution in [0.4, 0.5) is 11.6 Å². The van der Waals surface area contributed by atoms with Crippen LogP contribution < -0.4 is 5.32 Å². The summed E-state index contributed by atoms with van der Waals surface area (Å²) in [7, 11) is -3.99. The maximum Gasteiger partial charge on any atom is 0.355 e. The van der Waals surface area contributed by atoms with Gasteiger partial charge in [-0.1, -0.05) is 38.6 Å². The van der Waals surface area contributed by atoms with E-state index in [2.05, 4.69) is 36.2 Å². The number of pyridine rings is 1. The number of rotatable bonds is 7. The number of carboxylic acid groups (broad SMARTS) is 1. The predicted molar refractivity (Wildman–Crippen MR) is 129 cm³/mol. The molecule has 0 saturated carbocycles. The average Bonchev–Trinajstić information content (AvgIpc) is 2.83. The van der Waals surface area contributed by atoms with Crippen LogP contribution in [0, 0.1) is 0 Å². The molecule has 0 spiro atoms. The van der Waals surface area contributed by atoms with Crippen LogP contribution in [0.25, 0.3) is 22.2 Å². The van der Waals surface area contributed by atoms with Gasteiger partial charge in [0.15, 0.2) is 11.3 Å². The number of hydrogen-bond acceptors (Lipinski definition) is 8. The smallest absolute Gasteiger partial charge is 0.355 e. The SMILES string of the molecule is CCN(O)S(=O)(=O)c1ccc(Nc2ncc3cc(-c4ccccc4Br)c(C(=O)O)nc3n2)cc1. The third-order valence-electron chi connectivity index (χ3n) is 4.89. The summed E-state index contributed by atoms with van der Waals surface area (Å²) in [5.74, 6) is -1.04. The number of sulfonamides is 1. The molecule has 4 aromatic rings. The summed E-state index contributed by atoms with van der Waals surface area (Å²) in [5.41, 5.74) is 1.63. The molecule has 0 amide bonds. The summed E-state index contributed by atoms with van der Waals surface area (Å²) in [5, 5.41) is 22.8. The van der Waals surface area contributed by atoms with Crippen molar-refractivity contribution < 1.29 is 23.5 Å². The zero-order valence-corrected chi connectivity index (χ0v) is 20.1. The minimum Gasteiger partial charge on any atom is -0.476 e. The molecule has 0 aliphatic heterocycles. The minimum absolute atomic E-state index is 0.0748. The lowest BCUT2D eigenvalue weighted by Gasteiger charge is -2.13. The normalized spacial score (nSPS) is 11.6. The number of hydroxylamine groups is 1. The summed E-state index contributed by atoms with van der Waals surface area (Å²) in [6, 6.07) is 14.6. The number of halogens is 1. The van der Waals surface area contributed by atoms with Gasteiger partial charge in [-0.3, -0.25) is 5.21 Å². The van der Waals surface area contributed by atoms with Crippen LogP contribution in [0.5, 0.6) is 0 Å². The quantitative estimate of drug-likeness (QED) is 0.290. The van der Waals surface area contributed by atoms with E-state index in [4.69, 9.17) is 0 Å². The van der Waals surface area contributed by atoms with Crippen molar-refractivity contribution in [3.05, 3.63) is 71.0 Å². The number of aromatic nitrogens is 3. The van der Waals surface area contributed by atoms with E-state index in [9.17, 15) is 23.5 Å². The maximum absolute atomic E-state index is 12.2. The summed E-state index contributed by atoms with van der Waals surface area (Å²) in [4.78, 5) is 24.6. The summed E-state index contributed by atoms with van der Waals surface area (Å²) < 4.78 is 25.4. The number of aromatic carboxylic acids is 1. The predicted octanol–water partition coefficient (Wildman–Crippen LogP) is 4.30. The number of anilines is 2. The van der Waals surface area contributed by atoms with Gasteiger partial charge in [0.05, 0.1) is 4.90 Å². The molecule has 0 aliphatic carbocycles. The molecule has 2 aromatic heterocycles. The van der Waals surface area contributed by atoms with Gasteiger partial charge in [0, 0.05) is 33.9 Å². The molecule has 34 heavy (non-hydrogen) atoms. The molecular formula is C22H18BrN5O5S. The van der Waals surface area contributed by atoms with Crippen LogP contribution in [-0.2, 0) is 10.0 Å². The van der Waals surface area contributed by atoms with Gasteiger partial charge in [-0.25, -0.2) is 23.2 Å². The Bertz CT molecular complexity index is 1500. The van der Waals surface area contributed by atoms with Crippen molar-refractivity contribution in [3.8, 4) is 11.1 Å². The number of nitrogens with one attached hydrogen (secondary N) is 1. The molecule has 2 heterocycles. The topological polar surface area (TPSA) is 146 Å². The van der Waals surface area contributed by atoms with E-state index in [1.165, 1.54) is 37.4 Å². The van der Waals surface area contributed by atoms with Crippen molar-refractivity contribution in [2.45, 2.75) is 11.8 Å². The molecule has 2 aromatic carbocycles. The third kappa shape index (κ3) is 4.61. The summed E-state index contributed by atoms with van der Waals surface area (Å²) in [6.07, 6.45) is 1.52. The van der Waals surface area contributed by atoms with Crippen molar-refractivity contribution in [2.24, 2.45) is 0 Å². The molecule has 0 unspecified atom stereocenters. The first-order valence-corrected chi connectivity index (χ1v) is 12.2. The van der Waals surface area contributed by atoms with E-state index in [1.54, 1.807) is 18.2 Å². The highest BCUT2D eigenvalue weighted by molar-refractivity contribution is 9.10. The molecule has 4 rings (SSSR count). The molecular weight excluding hydrogens is 526 g/mol. The highest BCUT2D eigenvalue weighted by atomic mass is 79.9. The fourth-order valence-electron chi connectivity index (χ4n) is 3.20. The number of carboxylic acids is 1. The Labute approximate surface area is 203 Å². The van der Waals surface area contributed by atoms with Crippen molar-refractivity contribution in [1.29, 1.82) is 0 Å². The summed E-state index contributed by atoms with van der Waals surface area (Å²) >= 11 is 3.44. The van der Waals surface area contributed by atoms with Crippen LogP contribution in [0.15, 0.2) is 70.2 Å². The van der Waals surface area contributed by atoms with Crippen LogP contribution in [0.1, 0.15) is 17.4 Å². The van der Waals surface area contributed by atoms with Gasteiger partial charge in [0.25, 0.3) is 10.0 Å². The number of fused-ring (bicyclic) bond motifs is 1. The number of carbonyl (C=O) groups is 1. The second-order valence-electron chi connectivity index (χ2n) is 7.07. The fourth-order valence-corrected chi connectivity index (χ4v) is 4.76. The van der Waals surface area contributed by atoms with Crippen LogP contribution in [0.2, 0.25) is 0 Å². The van der Waals surface area contributed by atoms with Gasteiger partial charge in [-0.05, 0) is 48.9 Å². The molecule has 10 nitrogen and oxygen atoms in total. The highest BCUT2D eigenvalue weighted by Gasteiger charge is 2.21. The average molecular weight is 544 g/mol. The van der Waals surface area contributed by atoms with Crippen molar-refractivity contribution in [1.82, 2.24) is 19.4 Å². The lowest BCUT2D eigenvalue weighted by atomic mass is 10.0. The van der Waals surface area contributed by atoms with E-state index >= 15 is 0 Å². The first kappa shape index (κ1) is 23.7. The Morgan fingerprint density at radius 3 is 2.44 bits per heavy atom. The Hall–Kier alpha value is -3.45. The monoisotopic (exact) mass is 543 g/mol. The Kier molecular flexibility index (Phi) is 6.57. The van der Waals surface area contributed by atoms with Crippen LogP contribution in [0.3, 0.4) is 0 Å². The molecule has 12 heteroatoms. The highest BCUT2D eigenvalue weighted by Crippen LogP contribution is 2.32. The van der Waals surface area contributed by atoms with E-state index in [0.717, 1.165) is 4.47 Å². The van der Waals surface area contributed by atoms with E-state index in [-0.39, 0.29) is 33.2 Å². The Morgan fingerprint density at radius 2 is 1.79 bits per heavy atom. The van der Waals surface area contributed by atoms with Crippen LogP contribution >= 0.6 is 15.9 Å². The van der Waals surface area contributed by atoms with Crippen LogP contribution in [-0.4, -0.2) is 50.7 Å². The first-order chi connectivity index (χ1) is 16.2. The molecule has 3 N–H and O–H groups in total. The fraction of sp³-hybridized carbons (Fsp3) is 0.0909. The van der Waals surface area contributed by atoms with Crippen molar-refractivity contribution in [2.75, 3.05) is 11.9 Å². The molecule has 0 radical (unpaired) electrons. The van der Waals surface area contributed by atoms with Gasteiger partial charge in [-0.15, -0.1) is 0 Å². The number of nitrogens with zero attached hydrogens (tertiary/aromatic N) is 4. The molecule has 0 saturated heterocycles. The number of benzene rings is 2. The first-order valence-electron chi connectivity index (χ1n) is 9.95.